The van der Waals surface area contributed by atoms with E-state index < -0.39 is 0 Å². The quantitative estimate of drug-likeness (QED) is 0.693. The number of hydrogen-bond donors (Lipinski definition) is 0. The minimum absolute atomic E-state index is 0.0276. The topological polar surface area (TPSA) is 39.2 Å². The summed E-state index contributed by atoms with van der Waals surface area (Å²) in [6.07, 6.45) is 3.26. The van der Waals surface area contributed by atoms with Gasteiger partial charge in [-0.3, -0.25) is 9.78 Å². The number of carbonyl (C=O) groups excluding carboxylic acids is 1. The molecule has 0 amide bonds. The number of nitrogens with zero attached hydrogens (tertiary/aromatic N) is 1. The van der Waals surface area contributed by atoms with Gasteiger partial charge in [0.05, 0.1) is 0 Å². The van der Waals surface area contributed by atoms with Crippen molar-refractivity contribution in [1.82, 2.24) is 4.98 Å². The Kier molecular flexibility index (Phi) is 5.12. The molecule has 0 saturated carbocycles. The van der Waals surface area contributed by atoms with Crippen molar-refractivity contribution < 1.29 is 9.53 Å². The molecule has 1 heterocycles. The van der Waals surface area contributed by atoms with Crippen LogP contribution in [0.3, 0.4) is 0 Å². The summed E-state index contributed by atoms with van der Waals surface area (Å²) in [5.74, 6) is 0.0923. The van der Waals surface area contributed by atoms with Crippen LogP contribution in [0.25, 0.3) is 0 Å². The molecular weight excluding hydrogens is 202 g/mol. The van der Waals surface area contributed by atoms with Gasteiger partial charge in [-0.1, -0.05) is 19.9 Å². The van der Waals surface area contributed by atoms with Crippen molar-refractivity contribution in [2.75, 3.05) is 13.7 Å². The van der Waals surface area contributed by atoms with Gasteiger partial charge in [-0.15, -0.1) is 0 Å². The number of aryl methyl sites for hydroxylation is 1. The zero-order valence-electron chi connectivity index (χ0n) is 10.2. The van der Waals surface area contributed by atoms with E-state index in [1.54, 1.807) is 13.3 Å². The minimum Gasteiger partial charge on any atom is -0.385 e. The van der Waals surface area contributed by atoms with Crippen molar-refractivity contribution in [3.63, 3.8) is 0 Å². The number of methoxy groups -OCH3 is 1. The lowest BCUT2D eigenvalue weighted by molar-refractivity contribution is 0.0887. The van der Waals surface area contributed by atoms with Crippen LogP contribution in [0.5, 0.6) is 0 Å². The fourth-order valence-electron chi connectivity index (χ4n) is 1.60. The second-order valence-corrected chi connectivity index (χ2v) is 3.91. The monoisotopic (exact) mass is 221 g/mol. The van der Waals surface area contributed by atoms with E-state index in [0.29, 0.717) is 12.3 Å². The van der Waals surface area contributed by atoms with Crippen LogP contribution in [-0.4, -0.2) is 24.5 Å². The number of Topliss-reactive ketones (excluding diaryl/α,β-unsaturated/α-hetero) is 1. The Morgan fingerprint density at radius 3 is 2.94 bits per heavy atom. The summed E-state index contributed by atoms with van der Waals surface area (Å²) in [5, 5.41) is 0. The number of hydrogen-bond acceptors (Lipinski definition) is 3. The molecule has 88 valence electrons. The van der Waals surface area contributed by atoms with Gasteiger partial charge in [0, 0.05) is 25.8 Å². The Labute approximate surface area is 96.8 Å². The number of ketones is 1. The molecule has 0 aromatic carbocycles. The number of ether oxygens (including phenoxy) is 1. The Hall–Kier alpha value is -1.22. The van der Waals surface area contributed by atoms with Gasteiger partial charge < -0.3 is 4.74 Å². The van der Waals surface area contributed by atoms with Crippen LogP contribution in [0, 0.1) is 5.92 Å². The second kappa shape index (κ2) is 6.38. The first-order valence-corrected chi connectivity index (χ1v) is 5.67. The molecule has 0 N–H and O–H groups in total. The molecule has 0 fully saturated rings. The van der Waals surface area contributed by atoms with E-state index in [1.807, 2.05) is 26.0 Å². The molecule has 1 atom stereocenters. The normalized spacial score (nSPS) is 12.4. The summed E-state index contributed by atoms with van der Waals surface area (Å²) < 4.78 is 4.98. The average Bonchev–Trinajstić information content (AvgIpc) is 2.34. The molecule has 3 heteroatoms. The van der Waals surface area contributed by atoms with Gasteiger partial charge >= 0.3 is 0 Å². The summed E-state index contributed by atoms with van der Waals surface area (Å²) >= 11 is 0. The highest BCUT2D eigenvalue weighted by molar-refractivity contribution is 5.97. The van der Waals surface area contributed by atoms with Gasteiger partial charge in [0.25, 0.3) is 0 Å². The van der Waals surface area contributed by atoms with Crippen LogP contribution in [0.1, 0.15) is 36.3 Å². The van der Waals surface area contributed by atoms with Crippen LogP contribution >= 0.6 is 0 Å². The number of pyridine rings is 1. The first-order chi connectivity index (χ1) is 7.70. The predicted octanol–water partition coefficient (Wildman–Crippen LogP) is 2.50. The van der Waals surface area contributed by atoms with E-state index in [9.17, 15) is 4.79 Å². The fourth-order valence-corrected chi connectivity index (χ4v) is 1.60. The molecule has 16 heavy (non-hydrogen) atoms. The van der Waals surface area contributed by atoms with E-state index in [4.69, 9.17) is 4.74 Å². The van der Waals surface area contributed by atoms with Gasteiger partial charge in [0.15, 0.2) is 5.78 Å². The van der Waals surface area contributed by atoms with Crippen molar-refractivity contribution in [2.45, 2.75) is 26.7 Å². The first-order valence-electron chi connectivity index (χ1n) is 5.67. The van der Waals surface area contributed by atoms with Crippen molar-refractivity contribution in [2.24, 2.45) is 5.92 Å². The summed E-state index contributed by atoms with van der Waals surface area (Å²) in [7, 11) is 1.65. The standard InChI is InChI=1S/C13H19NO2/c1-4-11-6-5-8-14-12(11)13(15)10(2)7-9-16-3/h5-6,8,10H,4,7,9H2,1-3H3. The summed E-state index contributed by atoms with van der Waals surface area (Å²) in [6, 6.07) is 3.83. The van der Waals surface area contributed by atoms with E-state index in [-0.39, 0.29) is 11.7 Å². The third-order valence-electron chi connectivity index (χ3n) is 2.71. The summed E-state index contributed by atoms with van der Waals surface area (Å²) in [6.45, 7) is 4.57. The molecule has 3 nitrogen and oxygen atoms in total. The zero-order valence-corrected chi connectivity index (χ0v) is 10.2. The highest BCUT2D eigenvalue weighted by Crippen LogP contribution is 2.14. The van der Waals surface area contributed by atoms with Crippen LogP contribution in [0.15, 0.2) is 18.3 Å². The fraction of sp³-hybridized carbons (Fsp3) is 0.538. The third-order valence-corrected chi connectivity index (χ3v) is 2.71. The molecule has 0 aliphatic heterocycles. The molecular formula is C13H19NO2. The van der Waals surface area contributed by atoms with Gasteiger partial charge in [0.1, 0.15) is 5.69 Å². The summed E-state index contributed by atoms with van der Waals surface area (Å²) in [4.78, 5) is 16.3. The molecule has 0 saturated heterocycles. The Bertz CT molecular complexity index is 350. The van der Waals surface area contributed by atoms with E-state index in [2.05, 4.69) is 4.98 Å². The maximum absolute atomic E-state index is 12.1. The smallest absolute Gasteiger partial charge is 0.184 e. The lowest BCUT2D eigenvalue weighted by Crippen LogP contribution is -2.16. The van der Waals surface area contributed by atoms with Crippen LogP contribution in [0.2, 0.25) is 0 Å². The molecule has 1 aromatic heterocycles. The zero-order chi connectivity index (χ0) is 12.0. The van der Waals surface area contributed by atoms with Gasteiger partial charge in [0.2, 0.25) is 0 Å². The highest BCUT2D eigenvalue weighted by Gasteiger charge is 2.18. The van der Waals surface area contributed by atoms with E-state index in [0.717, 1.165) is 18.4 Å². The van der Waals surface area contributed by atoms with Crippen LogP contribution < -0.4 is 0 Å². The number of carbonyl (C=O) groups is 1. The SMILES string of the molecule is CCc1cccnc1C(=O)C(C)CCOC. The molecule has 0 bridgehead atoms. The molecule has 1 aromatic rings. The van der Waals surface area contributed by atoms with Crippen molar-refractivity contribution in [1.29, 1.82) is 0 Å². The number of rotatable bonds is 6. The van der Waals surface area contributed by atoms with E-state index in [1.165, 1.54) is 0 Å². The van der Waals surface area contributed by atoms with E-state index >= 15 is 0 Å². The predicted molar refractivity (Wildman–Crippen MR) is 63.6 cm³/mol. The summed E-state index contributed by atoms with van der Waals surface area (Å²) in [5.41, 5.74) is 1.64. The lowest BCUT2D eigenvalue weighted by atomic mass is 9.96. The molecule has 0 radical (unpaired) electrons. The largest absolute Gasteiger partial charge is 0.385 e. The van der Waals surface area contributed by atoms with Crippen molar-refractivity contribution >= 4 is 5.78 Å². The molecule has 0 spiro atoms. The lowest BCUT2D eigenvalue weighted by Gasteiger charge is -2.11. The van der Waals surface area contributed by atoms with Crippen LogP contribution in [0.4, 0.5) is 0 Å². The molecule has 0 aliphatic rings. The Morgan fingerprint density at radius 2 is 2.31 bits per heavy atom. The first kappa shape index (κ1) is 12.8. The third kappa shape index (κ3) is 3.14. The maximum atomic E-state index is 12.1. The Balaban J connectivity index is 2.79. The molecule has 1 unspecified atom stereocenters. The number of aromatic nitrogens is 1. The Morgan fingerprint density at radius 1 is 1.56 bits per heavy atom. The molecule has 0 aliphatic carbocycles. The van der Waals surface area contributed by atoms with Crippen LogP contribution in [-0.2, 0) is 11.2 Å². The van der Waals surface area contributed by atoms with Gasteiger partial charge in [-0.25, -0.2) is 0 Å². The molecule has 1 rings (SSSR count). The van der Waals surface area contributed by atoms with Gasteiger partial charge in [-0.05, 0) is 24.5 Å². The van der Waals surface area contributed by atoms with Crippen molar-refractivity contribution in [3.05, 3.63) is 29.6 Å². The second-order valence-electron chi connectivity index (χ2n) is 3.91. The van der Waals surface area contributed by atoms with Crippen molar-refractivity contribution in [3.8, 4) is 0 Å². The minimum atomic E-state index is -0.0276. The highest BCUT2D eigenvalue weighted by atomic mass is 16.5. The van der Waals surface area contributed by atoms with Gasteiger partial charge in [-0.2, -0.15) is 0 Å². The average molecular weight is 221 g/mol. The maximum Gasteiger partial charge on any atom is 0.184 e.